The predicted octanol–water partition coefficient (Wildman–Crippen LogP) is 2.47. The van der Waals surface area contributed by atoms with Gasteiger partial charge >= 0.3 is 6.18 Å². The van der Waals surface area contributed by atoms with Gasteiger partial charge in [0.1, 0.15) is 6.04 Å². The van der Waals surface area contributed by atoms with Gasteiger partial charge < -0.3 is 4.90 Å². The number of hydrogen-bond donors (Lipinski definition) is 0. The third-order valence-electron chi connectivity index (χ3n) is 4.06. The zero-order valence-electron chi connectivity index (χ0n) is 14.2. The van der Waals surface area contributed by atoms with Gasteiger partial charge in [-0.25, -0.2) is 0 Å². The van der Waals surface area contributed by atoms with Crippen LogP contribution in [0, 0.1) is 13.8 Å². The highest BCUT2D eigenvalue weighted by molar-refractivity contribution is 5.79. The van der Waals surface area contributed by atoms with Gasteiger partial charge in [-0.3, -0.25) is 14.2 Å². The van der Waals surface area contributed by atoms with Gasteiger partial charge in [0.05, 0.1) is 6.20 Å². The minimum atomic E-state index is -4.53. The molecule has 0 bridgehead atoms. The number of aromatic nitrogens is 4. The van der Waals surface area contributed by atoms with E-state index in [0.717, 1.165) is 22.0 Å². The molecule has 0 saturated heterocycles. The number of carbonyl (C=O) groups excluding carboxylic acids is 1. The van der Waals surface area contributed by atoms with E-state index < -0.39 is 17.9 Å². The van der Waals surface area contributed by atoms with E-state index in [2.05, 4.69) is 10.2 Å². The monoisotopic (exact) mass is 343 g/mol. The molecule has 0 radical (unpaired) electrons. The second-order valence-electron chi connectivity index (χ2n) is 5.86. The Labute approximate surface area is 137 Å². The van der Waals surface area contributed by atoms with E-state index >= 15 is 0 Å². The fraction of sp³-hybridized carbons (Fsp3) is 0.533. The number of rotatable bonds is 4. The molecule has 24 heavy (non-hydrogen) atoms. The van der Waals surface area contributed by atoms with Crippen molar-refractivity contribution in [3.05, 3.63) is 34.9 Å². The molecule has 0 aromatic carbocycles. The van der Waals surface area contributed by atoms with Crippen molar-refractivity contribution >= 4 is 5.91 Å². The topological polar surface area (TPSA) is 56.0 Å². The number of likely N-dealkylation sites (N-methyl/N-ethyl adjacent to an activating group) is 1. The van der Waals surface area contributed by atoms with Gasteiger partial charge in [-0.2, -0.15) is 23.4 Å². The lowest BCUT2D eigenvalue weighted by Gasteiger charge is -2.22. The summed E-state index contributed by atoms with van der Waals surface area (Å²) in [6.45, 7) is 5.25. The smallest absolute Gasteiger partial charge is 0.339 e. The number of nitrogens with zero attached hydrogens (tertiary/aromatic N) is 5. The molecule has 0 aliphatic carbocycles. The van der Waals surface area contributed by atoms with Crippen LogP contribution in [0.25, 0.3) is 0 Å². The van der Waals surface area contributed by atoms with Crippen LogP contribution >= 0.6 is 0 Å². The normalized spacial score (nSPS) is 13.2. The summed E-state index contributed by atoms with van der Waals surface area (Å²) < 4.78 is 41.1. The molecule has 9 heteroatoms. The fourth-order valence-corrected chi connectivity index (χ4v) is 2.47. The summed E-state index contributed by atoms with van der Waals surface area (Å²) in [7, 11) is 3.41. The van der Waals surface area contributed by atoms with E-state index in [4.69, 9.17) is 0 Å². The van der Waals surface area contributed by atoms with Crippen LogP contribution < -0.4 is 0 Å². The molecule has 2 aromatic rings. The van der Waals surface area contributed by atoms with Crippen molar-refractivity contribution in [2.75, 3.05) is 7.05 Å². The maximum absolute atomic E-state index is 12.8. The lowest BCUT2D eigenvalue weighted by atomic mass is 10.2. The lowest BCUT2D eigenvalue weighted by molar-refractivity contribution is -0.142. The first-order valence-electron chi connectivity index (χ1n) is 7.38. The molecule has 2 rings (SSSR count). The molecule has 0 spiro atoms. The van der Waals surface area contributed by atoms with Crippen molar-refractivity contribution in [1.29, 1.82) is 0 Å². The summed E-state index contributed by atoms with van der Waals surface area (Å²) in [6, 6.07) is 0.109. The molecular formula is C15H20F3N5O. The van der Waals surface area contributed by atoms with Crippen LogP contribution in [-0.2, 0) is 24.6 Å². The van der Waals surface area contributed by atoms with Gasteiger partial charge in [-0.15, -0.1) is 0 Å². The van der Waals surface area contributed by atoms with Crippen molar-refractivity contribution in [3.63, 3.8) is 0 Å². The van der Waals surface area contributed by atoms with Gasteiger partial charge in [0.25, 0.3) is 0 Å². The summed E-state index contributed by atoms with van der Waals surface area (Å²) >= 11 is 0. The Morgan fingerprint density at radius 3 is 2.46 bits per heavy atom. The van der Waals surface area contributed by atoms with Crippen LogP contribution in [0.5, 0.6) is 0 Å². The van der Waals surface area contributed by atoms with Crippen LogP contribution in [0.1, 0.15) is 35.6 Å². The fourth-order valence-electron chi connectivity index (χ4n) is 2.47. The Morgan fingerprint density at radius 2 is 2.00 bits per heavy atom. The minimum Gasteiger partial charge on any atom is -0.339 e. The zero-order chi connectivity index (χ0) is 18.2. The van der Waals surface area contributed by atoms with Crippen LogP contribution in [0.15, 0.2) is 12.3 Å². The van der Waals surface area contributed by atoms with Crippen molar-refractivity contribution in [3.8, 4) is 0 Å². The van der Waals surface area contributed by atoms with Crippen molar-refractivity contribution < 1.29 is 18.0 Å². The molecule has 1 amide bonds. The second kappa shape index (κ2) is 6.29. The van der Waals surface area contributed by atoms with Gasteiger partial charge in [-0.1, -0.05) is 0 Å². The zero-order valence-corrected chi connectivity index (χ0v) is 14.2. The van der Waals surface area contributed by atoms with Crippen LogP contribution in [-0.4, -0.2) is 37.4 Å². The van der Waals surface area contributed by atoms with Crippen molar-refractivity contribution in [2.45, 2.75) is 39.5 Å². The van der Waals surface area contributed by atoms with Crippen molar-refractivity contribution in [2.24, 2.45) is 7.05 Å². The molecule has 0 saturated carbocycles. The number of amides is 1. The third kappa shape index (κ3) is 3.44. The number of carbonyl (C=O) groups is 1. The molecule has 6 nitrogen and oxygen atoms in total. The van der Waals surface area contributed by atoms with Crippen molar-refractivity contribution in [1.82, 2.24) is 24.5 Å². The average molecular weight is 343 g/mol. The first-order chi connectivity index (χ1) is 11.0. The van der Waals surface area contributed by atoms with Gasteiger partial charge in [0.15, 0.2) is 5.69 Å². The Morgan fingerprint density at radius 1 is 1.38 bits per heavy atom. The molecule has 0 aliphatic rings. The molecule has 0 unspecified atom stereocenters. The quantitative estimate of drug-likeness (QED) is 0.857. The highest BCUT2D eigenvalue weighted by atomic mass is 19.4. The summed E-state index contributed by atoms with van der Waals surface area (Å²) in [6.07, 6.45) is -2.86. The molecule has 0 N–H and O–H groups in total. The molecule has 0 aliphatic heterocycles. The molecule has 0 fully saturated rings. The van der Waals surface area contributed by atoms with Crippen LogP contribution in [0.4, 0.5) is 13.2 Å². The second-order valence-corrected chi connectivity index (χ2v) is 5.86. The highest BCUT2D eigenvalue weighted by Crippen LogP contribution is 2.29. The van der Waals surface area contributed by atoms with E-state index in [-0.39, 0.29) is 11.6 Å². The van der Waals surface area contributed by atoms with Gasteiger partial charge in [0, 0.05) is 37.6 Å². The Kier molecular flexibility index (Phi) is 4.73. The number of alkyl halides is 3. The standard InChI is InChI=1S/C15H20F3N5O/c1-9-6-13(15(16,17)18)20-23(9)11(3)14(24)21(4)8-12-7-19-22(5)10(12)2/h6-7,11H,8H2,1-5H3/t11-/m0/s1. The number of hydrogen-bond acceptors (Lipinski definition) is 3. The first-order valence-corrected chi connectivity index (χ1v) is 7.38. The van der Waals surface area contributed by atoms with Crippen LogP contribution in [0.3, 0.4) is 0 Å². The van der Waals surface area contributed by atoms with E-state index in [1.54, 1.807) is 25.0 Å². The molecule has 2 heterocycles. The Bertz CT molecular complexity index is 747. The first kappa shape index (κ1) is 18.0. The number of aryl methyl sites for hydroxylation is 2. The minimum absolute atomic E-state index is 0.286. The predicted molar refractivity (Wildman–Crippen MR) is 81.1 cm³/mol. The van der Waals surface area contributed by atoms with E-state index in [1.165, 1.54) is 18.7 Å². The molecule has 1 atom stereocenters. The van der Waals surface area contributed by atoms with E-state index in [1.807, 2.05) is 6.92 Å². The SMILES string of the molecule is Cc1c(CN(C)C(=O)[C@H](C)n2nc(C(F)(F)F)cc2C)cnn1C. The van der Waals surface area contributed by atoms with Crippen LogP contribution in [0.2, 0.25) is 0 Å². The van der Waals surface area contributed by atoms with E-state index in [0.29, 0.717) is 6.54 Å². The largest absolute Gasteiger partial charge is 0.435 e. The van der Waals surface area contributed by atoms with Gasteiger partial charge in [0.2, 0.25) is 5.91 Å². The summed E-state index contributed by atoms with van der Waals surface area (Å²) in [5.74, 6) is -0.321. The average Bonchev–Trinajstić information content (AvgIpc) is 3.03. The van der Waals surface area contributed by atoms with Gasteiger partial charge in [-0.05, 0) is 26.8 Å². The summed E-state index contributed by atoms with van der Waals surface area (Å²) in [5.41, 5.74) is 1.10. The maximum atomic E-state index is 12.8. The highest BCUT2D eigenvalue weighted by Gasteiger charge is 2.35. The number of halogens is 3. The molecule has 132 valence electrons. The maximum Gasteiger partial charge on any atom is 0.435 e. The molecule has 2 aromatic heterocycles. The Balaban J connectivity index is 2.17. The summed E-state index contributed by atoms with van der Waals surface area (Å²) in [5, 5.41) is 7.65. The van der Waals surface area contributed by atoms with E-state index in [9.17, 15) is 18.0 Å². The molecular weight excluding hydrogens is 323 g/mol. The Hall–Kier alpha value is -2.32. The third-order valence-corrected chi connectivity index (χ3v) is 4.06. The lowest BCUT2D eigenvalue weighted by Crippen LogP contribution is -2.33. The summed E-state index contributed by atoms with van der Waals surface area (Å²) in [4.78, 5) is 14.0.